The number of carbonyl (C=O) groups is 2. The molecule has 0 bridgehead atoms. The van der Waals surface area contributed by atoms with Crippen LogP contribution in [0, 0.1) is 17.2 Å². The van der Waals surface area contributed by atoms with Crippen LogP contribution < -0.4 is 5.32 Å². The number of halogens is 1. The number of nitrogens with one attached hydrogen (secondary N) is 2. The van der Waals surface area contributed by atoms with Gasteiger partial charge in [-0.1, -0.05) is 0 Å². The number of hydrogen-bond acceptors (Lipinski definition) is 4. The molecule has 2 fully saturated rings. The molecule has 1 atom stereocenters. The second-order valence-corrected chi connectivity index (χ2v) is 9.09. The Morgan fingerprint density at radius 2 is 2.16 bits per heavy atom. The number of amides is 2. The fourth-order valence-corrected chi connectivity index (χ4v) is 4.58. The summed E-state index contributed by atoms with van der Waals surface area (Å²) in [5.74, 6) is 0.884. The number of carbonyl (C=O) groups excluding carboxylic acids is 2. The largest absolute Gasteiger partial charge is 0.381 e. The summed E-state index contributed by atoms with van der Waals surface area (Å²) in [6.45, 7) is 5.28. The summed E-state index contributed by atoms with van der Waals surface area (Å²) >= 11 is 0. The molecule has 1 unspecified atom stereocenters. The summed E-state index contributed by atoms with van der Waals surface area (Å²) in [6.07, 6.45) is 4.33. The molecule has 2 amide bonds. The van der Waals surface area contributed by atoms with Gasteiger partial charge in [-0.15, -0.1) is 0 Å². The van der Waals surface area contributed by atoms with Gasteiger partial charge in [0.1, 0.15) is 11.6 Å². The van der Waals surface area contributed by atoms with Gasteiger partial charge >= 0.3 is 0 Å². The van der Waals surface area contributed by atoms with Crippen LogP contribution in [0.4, 0.5) is 4.39 Å². The van der Waals surface area contributed by atoms with Crippen molar-refractivity contribution in [2.24, 2.45) is 11.3 Å². The number of rotatable bonds is 6. The minimum atomic E-state index is -0.560. The summed E-state index contributed by atoms with van der Waals surface area (Å²) in [4.78, 5) is 35.1. The molecule has 2 saturated heterocycles. The fraction of sp³-hybridized carbons (Fsp3) is 0.609. The number of fused-ring (bicyclic) bond motifs is 1. The molecule has 1 aromatic carbocycles. The molecule has 0 aliphatic carbocycles. The first-order chi connectivity index (χ1) is 14.9. The van der Waals surface area contributed by atoms with Crippen molar-refractivity contribution < 1.29 is 18.7 Å². The number of benzene rings is 1. The van der Waals surface area contributed by atoms with Crippen LogP contribution in [0.25, 0.3) is 11.0 Å². The van der Waals surface area contributed by atoms with Crippen molar-refractivity contribution in [2.45, 2.75) is 45.4 Å². The lowest BCUT2D eigenvalue weighted by atomic mass is 9.80. The second-order valence-electron chi connectivity index (χ2n) is 9.09. The predicted molar refractivity (Wildman–Crippen MR) is 115 cm³/mol. The lowest BCUT2D eigenvalue weighted by Crippen LogP contribution is -2.52. The summed E-state index contributed by atoms with van der Waals surface area (Å²) in [5.41, 5.74) is 0.764. The number of nitrogens with zero attached hydrogens (tertiary/aromatic N) is 2. The Hall–Kier alpha value is -2.48. The van der Waals surface area contributed by atoms with Crippen LogP contribution in [-0.2, 0) is 20.7 Å². The third-order valence-corrected chi connectivity index (χ3v) is 6.56. The molecule has 0 radical (unpaired) electrons. The van der Waals surface area contributed by atoms with Gasteiger partial charge in [-0.3, -0.25) is 9.59 Å². The topological polar surface area (TPSA) is 87.3 Å². The highest BCUT2D eigenvalue weighted by Gasteiger charge is 2.39. The summed E-state index contributed by atoms with van der Waals surface area (Å²) in [6, 6.07) is 4.41. The monoisotopic (exact) mass is 430 g/mol. The number of aromatic amines is 1. The minimum Gasteiger partial charge on any atom is -0.381 e. The molecule has 2 aromatic rings. The van der Waals surface area contributed by atoms with Crippen LogP contribution in [0.3, 0.4) is 0 Å². The Morgan fingerprint density at radius 1 is 1.35 bits per heavy atom. The number of hydrogen-bond donors (Lipinski definition) is 2. The maximum atomic E-state index is 13.4. The number of piperidine rings is 1. The maximum Gasteiger partial charge on any atom is 0.227 e. The lowest BCUT2D eigenvalue weighted by molar-refractivity contribution is -0.140. The highest BCUT2D eigenvalue weighted by atomic mass is 19.1. The summed E-state index contributed by atoms with van der Waals surface area (Å²) < 4.78 is 18.7. The van der Waals surface area contributed by atoms with Crippen LogP contribution in [0.1, 0.15) is 44.9 Å². The van der Waals surface area contributed by atoms with Gasteiger partial charge in [0.05, 0.1) is 16.4 Å². The van der Waals surface area contributed by atoms with Crippen molar-refractivity contribution in [1.82, 2.24) is 20.2 Å². The molecular formula is C23H31FN4O3. The van der Waals surface area contributed by atoms with Gasteiger partial charge in [-0.05, 0) is 56.7 Å². The van der Waals surface area contributed by atoms with Crippen LogP contribution in [0.5, 0.6) is 0 Å². The Balaban J connectivity index is 1.30. The third kappa shape index (κ3) is 5.23. The number of H-pyrrole nitrogens is 1. The first kappa shape index (κ1) is 21.7. The molecule has 31 heavy (non-hydrogen) atoms. The zero-order valence-electron chi connectivity index (χ0n) is 18.1. The van der Waals surface area contributed by atoms with Crippen molar-refractivity contribution in [3.63, 3.8) is 0 Å². The maximum absolute atomic E-state index is 13.4. The molecule has 0 spiro atoms. The van der Waals surface area contributed by atoms with Crippen molar-refractivity contribution in [3.8, 4) is 0 Å². The van der Waals surface area contributed by atoms with E-state index in [1.54, 1.807) is 11.0 Å². The van der Waals surface area contributed by atoms with E-state index in [0.717, 1.165) is 38.9 Å². The average molecular weight is 431 g/mol. The van der Waals surface area contributed by atoms with Crippen LogP contribution in [-0.4, -0.2) is 59.5 Å². The first-order valence-electron chi connectivity index (χ1n) is 11.2. The standard InChI is InChI=1S/C23H31FN4O3/c1-23(22(30)25-14-16-7-11-31-12-8-16)9-2-10-28(15-23)21(29)6-5-20-26-18-4-3-17(24)13-19(18)27-20/h3-4,13,16H,2,5-12,14-15H2,1H3,(H,25,30)(H,26,27). The number of aryl methyl sites for hydroxylation is 1. The van der Waals surface area contributed by atoms with Gasteiger partial charge in [0.15, 0.2) is 0 Å². The van der Waals surface area contributed by atoms with E-state index in [0.29, 0.717) is 55.3 Å². The molecule has 168 valence electrons. The zero-order chi connectivity index (χ0) is 21.8. The van der Waals surface area contributed by atoms with E-state index in [1.165, 1.54) is 12.1 Å². The number of ether oxygens (including phenoxy) is 1. The molecule has 8 heteroatoms. The quantitative estimate of drug-likeness (QED) is 0.738. The SMILES string of the molecule is CC1(C(=O)NCC2CCOCC2)CCCN(C(=O)CCc2nc3ccc(F)cc3[nH]2)C1. The van der Waals surface area contributed by atoms with E-state index in [4.69, 9.17) is 4.74 Å². The van der Waals surface area contributed by atoms with E-state index in [1.807, 2.05) is 6.92 Å². The molecule has 2 aliphatic rings. The predicted octanol–water partition coefficient (Wildman–Crippen LogP) is 2.81. The van der Waals surface area contributed by atoms with Crippen molar-refractivity contribution in [2.75, 3.05) is 32.8 Å². The minimum absolute atomic E-state index is 0.0230. The molecule has 2 N–H and O–H groups in total. The van der Waals surface area contributed by atoms with E-state index in [-0.39, 0.29) is 17.6 Å². The van der Waals surface area contributed by atoms with Gasteiger partial charge < -0.3 is 19.9 Å². The third-order valence-electron chi connectivity index (χ3n) is 6.56. The van der Waals surface area contributed by atoms with Gasteiger partial charge in [-0.25, -0.2) is 9.37 Å². The molecule has 7 nitrogen and oxygen atoms in total. The Labute approximate surface area is 181 Å². The first-order valence-corrected chi connectivity index (χ1v) is 11.2. The van der Waals surface area contributed by atoms with E-state index >= 15 is 0 Å². The fourth-order valence-electron chi connectivity index (χ4n) is 4.58. The van der Waals surface area contributed by atoms with Gasteiger partial charge in [0, 0.05) is 45.7 Å². The highest BCUT2D eigenvalue weighted by molar-refractivity contribution is 5.84. The zero-order valence-corrected chi connectivity index (χ0v) is 18.1. The molecular weight excluding hydrogens is 399 g/mol. The molecule has 3 heterocycles. The molecule has 2 aliphatic heterocycles. The molecule has 4 rings (SSSR count). The van der Waals surface area contributed by atoms with Crippen LogP contribution in [0.15, 0.2) is 18.2 Å². The molecule has 0 saturated carbocycles. The van der Waals surface area contributed by atoms with Crippen molar-refractivity contribution in [1.29, 1.82) is 0 Å². The van der Waals surface area contributed by atoms with Crippen LogP contribution >= 0.6 is 0 Å². The number of aromatic nitrogens is 2. The van der Waals surface area contributed by atoms with E-state index in [2.05, 4.69) is 15.3 Å². The summed E-state index contributed by atoms with van der Waals surface area (Å²) in [7, 11) is 0. The Kier molecular flexibility index (Phi) is 6.55. The summed E-state index contributed by atoms with van der Waals surface area (Å²) in [5, 5.41) is 3.12. The highest BCUT2D eigenvalue weighted by Crippen LogP contribution is 2.30. The lowest BCUT2D eigenvalue weighted by Gasteiger charge is -2.39. The number of imidazole rings is 1. The Bertz CT molecular complexity index is 940. The van der Waals surface area contributed by atoms with E-state index < -0.39 is 5.41 Å². The second kappa shape index (κ2) is 9.34. The van der Waals surface area contributed by atoms with Crippen LogP contribution in [0.2, 0.25) is 0 Å². The number of likely N-dealkylation sites (tertiary alicyclic amines) is 1. The van der Waals surface area contributed by atoms with Crippen molar-refractivity contribution in [3.05, 3.63) is 29.8 Å². The smallest absolute Gasteiger partial charge is 0.227 e. The van der Waals surface area contributed by atoms with Gasteiger partial charge in [0.25, 0.3) is 0 Å². The van der Waals surface area contributed by atoms with Gasteiger partial charge in [0.2, 0.25) is 11.8 Å². The average Bonchev–Trinajstić information content (AvgIpc) is 3.18. The molecule has 1 aromatic heterocycles. The normalized spacial score (nSPS) is 22.6. The van der Waals surface area contributed by atoms with E-state index in [9.17, 15) is 14.0 Å². The Morgan fingerprint density at radius 3 is 2.97 bits per heavy atom. The van der Waals surface area contributed by atoms with Crippen molar-refractivity contribution >= 4 is 22.8 Å². The van der Waals surface area contributed by atoms with Gasteiger partial charge in [-0.2, -0.15) is 0 Å².